The molecule has 0 radical (unpaired) electrons. The van der Waals surface area contributed by atoms with Crippen LogP contribution in [0.25, 0.3) is 0 Å². The van der Waals surface area contributed by atoms with Crippen LogP contribution in [-0.2, 0) is 11.3 Å². The van der Waals surface area contributed by atoms with Crippen molar-refractivity contribution < 1.29 is 23.5 Å². The van der Waals surface area contributed by atoms with Crippen LogP contribution in [0.3, 0.4) is 0 Å². The number of nitrogens with zero attached hydrogens (tertiary/aromatic N) is 4. The van der Waals surface area contributed by atoms with Crippen molar-refractivity contribution in [2.24, 2.45) is 11.8 Å². The summed E-state index contributed by atoms with van der Waals surface area (Å²) < 4.78 is 28.3. The number of carbonyl (C=O) groups is 2. The molecule has 2 atom stereocenters. The molecule has 1 aliphatic rings. The van der Waals surface area contributed by atoms with Crippen LogP contribution >= 0.6 is 0 Å². The molecule has 144 valence electrons. The van der Waals surface area contributed by atoms with Crippen molar-refractivity contribution in [3.63, 3.8) is 0 Å². The van der Waals surface area contributed by atoms with Gasteiger partial charge in [-0.1, -0.05) is 18.2 Å². The summed E-state index contributed by atoms with van der Waals surface area (Å²) in [4.78, 5) is 25.6. The van der Waals surface area contributed by atoms with Gasteiger partial charge in [-0.05, 0) is 25.3 Å². The number of halogens is 2. The highest BCUT2D eigenvalue weighted by Gasteiger charge is 2.34. The van der Waals surface area contributed by atoms with Gasteiger partial charge in [0.1, 0.15) is 11.6 Å². The molecule has 1 fully saturated rings. The van der Waals surface area contributed by atoms with Crippen LogP contribution in [0.2, 0.25) is 0 Å². The molecule has 0 aliphatic carbocycles. The Morgan fingerprint density at radius 3 is 2.70 bits per heavy atom. The van der Waals surface area contributed by atoms with Crippen LogP contribution in [0.1, 0.15) is 35.1 Å². The minimum Gasteiger partial charge on any atom is -0.481 e. The van der Waals surface area contributed by atoms with E-state index in [2.05, 4.69) is 10.3 Å². The smallest absolute Gasteiger partial charge is 0.308 e. The molecule has 3 rings (SSSR count). The Morgan fingerprint density at radius 2 is 2.04 bits per heavy atom. The number of amides is 1. The van der Waals surface area contributed by atoms with Gasteiger partial charge in [0, 0.05) is 24.7 Å². The third-order valence-corrected chi connectivity index (χ3v) is 4.82. The van der Waals surface area contributed by atoms with E-state index in [1.807, 2.05) is 6.92 Å². The van der Waals surface area contributed by atoms with E-state index in [1.54, 1.807) is 6.92 Å². The number of carboxylic acids is 1. The van der Waals surface area contributed by atoms with Gasteiger partial charge in [-0.15, -0.1) is 5.10 Å². The zero-order chi connectivity index (χ0) is 19.7. The molecular formula is C18H20F2N4O3. The summed E-state index contributed by atoms with van der Waals surface area (Å²) in [7, 11) is 0. The van der Waals surface area contributed by atoms with Crippen LogP contribution in [-0.4, -0.2) is 50.0 Å². The van der Waals surface area contributed by atoms with Crippen molar-refractivity contribution in [3.8, 4) is 0 Å². The van der Waals surface area contributed by atoms with E-state index >= 15 is 0 Å². The lowest BCUT2D eigenvalue weighted by molar-refractivity contribution is -0.143. The first-order chi connectivity index (χ1) is 12.8. The zero-order valence-corrected chi connectivity index (χ0v) is 15.0. The van der Waals surface area contributed by atoms with E-state index in [0.717, 1.165) is 12.1 Å². The van der Waals surface area contributed by atoms with E-state index in [1.165, 1.54) is 15.6 Å². The Labute approximate surface area is 154 Å². The molecule has 9 heteroatoms. The number of aliphatic carboxylic acids is 1. The van der Waals surface area contributed by atoms with Gasteiger partial charge in [0.2, 0.25) is 0 Å². The Kier molecular flexibility index (Phi) is 5.20. The first kappa shape index (κ1) is 18.9. The van der Waals surface area contributed by atoms with Crippen LogP contribution in [0.4, 0.5) is 8.78 Å². The first-order valence-corrected chi connectivity index (χ1v) is 8.62. The fraction of sp³-hybridized carbons (Fsp3) is 0.444. The summed E-state index contributed by atoms with van der Waals surface area (Å²) in [5, 5.41) is 17.1. The SMILES string of the molecule is Cc1c(C(=O)N2CC(C)CC(C(=O)O)C2)nnn1Cc1ccc(F)cc1F. The third kappa shape index (κ3) is 3.96. The Hall–Kier alpha value is -2.84. The molecule has 2 aromatic rings. The maximum Gasteiger partial charge on any atom is 0.308 e. The molecule has 1 aliphatic heterocycles. The lowest BCUT2D eigenvalue weighted by Crippen LogP contribution is -2.45. The molecule has 7 nitrogen and oxygen atoms in total. The predicted octanol–water partition coefficient (Wildman–Crippen LogP) is 2.10. The Bertz CT molecular complexity index is 883. The molecule has 1 aromatic carbocycles. The van der Waals surface area contributed by atoms with Gasteiger partial charge in [0.15, 0.2) is 5.69 Å². The highest BCUT2D eigenvalue weighted by atomic mass is 19.1. The number of carbonyl (C=O) groups excluding carboxylic acids is 1. The monoisotopic (exact) mass is 378 g/mol. The van der Waals surface area contributed by atoms with Crippen LogP contribution in [0, 0.1) is 30.4 Å². The second-order valence-electron chi connectivity index (χ2n) is 7.00. The molecule has 0 saturated carbocycles. The second-order valence-corrected chi connectivity index (χ2v) is 7.00. The molecule has 27 heavy (non-hydrogen) atoms. The molecular weight excluding hydrogens is 358 g/mol. The molecule has 1 saturated heterocycles. The topological polar surface area (TPSA) is 88.3 Å². The number of rotatable bonds is 4. The normalized spacial score (nSPS) is 19.9. The van der Waals surface area contributed by atoms with Crippen LogP contribution in [0.15, 0.2) is 18.2 Å². The summed E-state index contributed by atoms with van der Waals surface area (Å²) in [5.41, 5.74) is 0.769. The largest absolute Gasteiger partial charge is 0.481 e. The minimum atomic E-state index is -0.925. The van der Waals surface area contributed by atoms with Crippen molar-refractivity contribution in [2.45, 2.75) is 26.8 Å². The number of piperidine rings is 1. The third-order valence-electron chi connectivity index (χ3n) is 4.82. The maximum atomic E-state index is 13.9. The molecule has 1 aromatic heterocycles. The standard InChI is InChI=1S/C18H20F2N4O3/c1-10-5-13(18(26)27)8-23(7-10)17(25)16-11(2)24(22-21-16)9-12-3-4-14(19)6-15(12)20/h3-4,6,10,13H,5,7-9H2,1-2H3,(H,26,27). The van der Waals surface area contributed by atoms with Crippen LogP contribution < -0.4 is 0 Å². The second kappa shape index (κ2) is 7.42. The van der Waals surface area contributed by atoms with Crippen molar-refractivity contribution in [2.75, 3.05) is 13.1 Å². The van der Waals surface area contributed by atoms with Gasteiger partial charge < -0.3 is 10.0 Å². The lowest BCUT2D eigenvalue weighted by atomic mass is 9.90. The number of hydrogen-bond acceptors (Lipinski definition) is 4. The summed E-state index contributed by atoms with van der Waals surface area (Å²) in [6, 6.07) is 3.25. The highest BCUT2D eigenvalue weighted by molar-refractivity contribution is 5.93. The van der Waals surface area contributed by atoms with Gasteiger partial charge in [0.25, 0.3) is 5.91 Å². The van der Waals surface area contributed by atoms with Gasteiger partial charge in [-0.25, -0.2) is 13.5 Å². The Balaban J connectivity index is 1.80. The quantitative estimate of drug-likeness (QED) is 0.880. The average molecular weight is 378 g/mol. The van der Waals surface area contributed by atoms with Crippen molar-refractivity contribution in [3.05, 3.63) is 46.8 Å². The lowest BCUT2D eigenvalue weighted by Gasteiger charge is -2.34. The number of hydrogen-bond donors (Lipinski definition) is 1. The fourth-order valence-electron chi connectivity index (χ4n) is 3.37. The summed E-state index contributed by atoms with van der Waals surface area (Å²) in [5.74, 6) is -3.24. The highest BCUT2D eigenvalue weighted by Crippen LogP contribution is 2.23. The molecule has 0 spiro atoms. The Morgan fingerprint density at radius 1 is 1.30 bits per heavy atom. The van der Waals surface area contributed by atoms with Crippen molar-refractivity contribution >= 4 is 11.9 Å². The summed E-state index contributed by atoms with van der Waals surface area (Å²) >= 11 is 0. The number of aromatic nitrogens is 3. The number of benzene rings is 1. The van der Waals surface area contributed by atoms with E-state index in [4.69, 9.17) is 0 Å². The van der Waals surface area contributed by atoms with Gasteiger partial charge in [-0.3, -0.25) is 9.59 Å². The fourth-order valence-corrected chi connectivity index (χ4v) is 3.37. The first-order valence-electron chi connectivity index (χ1n) is 8.62. The van der Waals surface area contributed by atoms with Crippen LogP contribution in [0.5, 0.6) is 0 Å². The minimum absolute atomic E-state index is 0.00633. The van der Waals surface area contributed by atoms with Crippen molar-refractivity contribution in [1.29, 1.82) is 0 Å². The summed E-state index contributed by atoms with van der Waals surface area (Å²) in [6.07, 6.45) is 0.522. The van der Waals surface area contributed by atoms with Gasteiger partial charge in [0.05, 0.1) is 18.2 Å². The van der Waals surface area contributed by atoms with Gasteiger partial charge in [-0.2, -0.15) is 0 Å². The number of likely N-dealkylation sites (tertiary alicyclic amines) is 1. The number of carboxylic acid groups (broad SMARTS) is 1. The molecule has 0 bridgehead atoms. The molecule has 2 unspecified atom stereocenters. The van der Waals surface area contributed by atoms with E-state index < -0.39 is 29.4 Å². The molecule has 1 amide bonds. The summed E-state index contributed by atoms with van der Waals surface area (Å²) in [6.45, 7) is 4.11. The van der Waals surface area contributed by atoms with Crippen molar-refractivity contribution in [1.82, 2.24) is 19.9 Å². The maximum absolute atomic E-state index is 13.9. The average Bonchev–Trinajstić information content (AvgIpc) is 2.96. The molecule has 1 N–H and O–H groups in total. The van der Waals surface area contributed by atoms with E-state index in [0.29, 0.717) is 18.7 Å². The van der Waals surface area contributed by atoms with E-state index in [9.17, 15) is 23.5 Å². The molecule has 2 heterocycles. The van der Waals surface area contributed by atoms with E-state index in [-0.39, 0.29) is 30.3 Å². The predicted molar refractivity (Wildman–Crippen MR) is 91.0 cm³/mol. The van der Waals surface area contributed by atoms with Gasteiger partial charge >= 0.3 is 5.97 Å². The zero-order valence-electron chi connectivity index (χ0n) is 15.0.